The summed E-state index contributed by atoms with van der Waals surface area (Å²) in [5, 5.41) is 1.84. The SMILES string of the molecule is Cc1ccc(OCCOc2ccccc2/C=C2\SC(=O)N(Cc3cccc4ccccc34)C2=O)cc1. The van der Waals surface area contributed by atoms with E-state index in [0.717, 1.165) is 39.4 Å². The molecule has 0 bridgehead atoms. The van der Waals surface area contributed by atoms with Gasteiger partial charge in [-0.15, -0.1) is 0 Å². The van der Waals surface area contributed by atoms with Crippen molar-refractivity contribution < 1.29 is 19.1 Å². The van der Waals surface area contributed by atoms with Crippen LogP contribution in [0.25, 0.3) is 16.8 Å². The van der Waals surface area contributed by atoms with Crippen LogP contribution in [0, 0.1) is 6.92 Å². The number of thioether (sulfide) groups is 1. The first-order valence-electron chi connectivity index (χ1n) is 11.7. The Balaban J connectivity index is 1.27. The number of benzene rings is 4. The summed E-state index contributed by atoms with van der Waals surface area (Å²) in [6, 6.07) is 29.2. The standard InChI is InChI=1S/C30H25NO4S/c1-21-13-15-25(16-14-21)34-17-18-35-27-12-5-3-8-23(27)19-28-29(32)31(30(33)36-28)20-24-10-6-9-22-7-2-4-11-26(22)24/h2-16,19H,17-18,20H2,1H3/b28-19-. The van der Waals surface area contributed by atoms with Crippen LogP contribution in [0.2, 0.25) is 0 Å². The fourth-order valence-corrected chi connectivity index (χ4v) is 4.88. The lowest BCUT2D eigenvalue weighted by Gasteiger charge is -2.14. The van der Waals surface area contributed by atoms with Crippen molar-refractivity contribution in [2.24, 2.45) is 0 Å². The molecule has 1 heterocycles. The summed E-state index contributed by atoms with van der Waals surface area (Å²) in [7, 11) is 0. The van der Waals surface area contributed by atoms with E-state index in [0.29, 0.717) is 23.9 Å². The molecule has 5 rings (SSSR count). The van der Waals surface area contributed by atoms with Gasteiger partial charge in [-0.1, -0.05) is 78.4 Å². The monoisotopic (exact) mass is 495 g/mol. The quantitative estimate of drug-likeness (QED) is 0.198. The zero-order valence-electron chi connectivity index (χ0n) is 19.8. The maximum Gasteiger partial charge on any atom is 0.293 e. The summed E-state index contributed by atoms with van der Waals surface area (Å²) in [5.41, 5.74) is 2.85. The number of carbonyl (C=O) groups is 2. The summed E-state index contributed by atoms with van der Waals surface area (Å²) in [6.07, 6.45) is 1.73. The molecule has 0 radical (unpaired) electrons. The van der Waals surface area contributed by atoms with E-state index in [1.807, 2.05) is 97.9 Å². The lowest BCUT2D eigenvalue weighted by Crippen LogP contribution is -2.27. The van der Waals surface area contributed by atoms with Gasteiger partial charge in [-0.3, -0.25) is 14.5 Å². The van der Waals surface area contributed by atoms with E-state index >= 15 is 0 Å². The average molecular weight is 496 g/mol. The summed E-state index contributed by atoms with van der Waals surface area (Å²) in [6.45, 7) is 3.00. The molecule has 1 aliphatic heterocycles. The van der Waals surface area contributed by atoms with Crippen molar-refractivity contribution in [1.82, 2.24) is 4.90 Å². The number of fused-ring (bicyclic) bond motifs is 1. The van der Waals surface area contributed by atoms with Crippen LogP contribution < -0.4 is 9.47 Å². The highest BCUT2D eigenvalue weighted by Gasteiger charge is 2.35. The Morgan fingerprint density at radius 3 is 2.39 bits per heavy atom. The molecule has 0 unspecified atom stereocenters. The molecule has 4 aromatic carbocycles. The van der Waals surface area contributed by atoms with E-state index in [1.165, 1.54) is 10.5 Å². The van der Waals surface area contributed by atoms with E-state index in [2.05, 4.69) is 0 Å². The summed E-state index contributed by atoms with van der Waals surface area (Å²) >= 11 is 0.955. The summed E-state index contributed by atoms with van der Waals surface area (Å²) < 4.78 is 11.7. The number of nitrogens with zero attached hydrogens (tertiary/aromatic N) is 1. The molecule has 1 saturated heterocycles. The number of hydrogen-bond acceptors (Lipinski definition) is 5. The number of carbonyl (C=O) groups excluding carboxylic acids is 2. The Bertz CT molecular complexity index is 1440. The number of imide groups is 1. The molecular weight excluding hydrogens is 470 g/mol. The highest BCUT2D eigenvalue weighted by molar-refractivity contribution is 8.18. The molecule has 0 aliphatic carbocycles. The van der Waals surface area contributed by atoms with Crippen LogP contribution in [0.3, 0.4) is 0 Å². The topological polar surface area (TPSA) is 55.8 Å². The van der Waals surface area contributed by atoms with Gasteiger partial charge in [0.1, 0.15) is 24.7 Å². The maximum absolute atomic E-state index is 13.2. The molecule has 5 nitrogen and oxygen atoms in total. The van der Waals surface area contributed by atoms with Gasteiger partial charge < -0.3 is 9.47 Å². The van der Waals surface area contributed by atoms with E-state index in [9.17, 15) is 9.59 Å². The Morgan fingerprint density at radius 2 is 1.53 bits per heavy atom. The van der Waals surface area contributed by atoms with Crippen LogP contribution in [0.15, 0.2) is 95.9 Å². The van der Waals surface area contributed by atoms with Gasteiger partial charge in [0.15, 0.2) is 0 Å². The van der Waals surface area contributed by atoms with Crippen molar-refractivity contribution in [1.29, 1.82) is 0 Å². The highest BCUT2D eigenvalue weighted by Crippen LogP contribution is 2.35. The van der Waals surface area contributed by atoms with Crippen molar-refractivity contribution in [2.45, 2.75) is 13.5 Å². The Kier molecular flexibility index (Phi) is 7.05. The second-order valence-electron chi connectivity index (χ2n) is 8.45. The first-order chi connectivity index (χ1) is 17.6. The van der Waals surface area contributed by atoms with Crippen LogP contribution in [0.5, 0.6) is 11.5 Å². The molecule has 0 spiro atoms. The van der Waals surface area contributed by atoms with Gasteiger partial charge in [-0.2, -0.15) is 0 Å². The second-order valence-corrected chi connectivity index (χ2v) is 9.45. The van der Waals surface area contributed by atoms with Crippen molar-refractivity contribution in [3.05, 3.63) is 113 Å². The van der Waals surface area contributed by atoms with Gasteiger partial charge >= 0.3 is 0 Å². The number of rotatable bonds is 8. The molecule has 0 atom stereocenters. The van der Waals surface area contributed by atoms with Gasteiger partial charge in [0.05, 0.1) is 11.4 Å². The lowest BCUT2D eigenvalue weighted by atomic mass is 10.0. The average Bonchev–Trinajstić information content (AvgIpc) is 3.16. The zero-order chi connectivity index (χ0) is 24.9. The predicted octanol–water partition coefficient (Wildman–Crippen LogP) is 6.84. The van der Waals surface area contributed by atoms with Gasteiger partial charge in [0, 0.05) is 5.56 Å². The first kappa shape index (κ1) is 23.7. The van der Waals surface area contributed by atoms with E-state index in [4.69, 9.17) is 9.47 Å². The van der Waals surface area contributed by atoms with E-state index in [-0.39, 0.29) is 17.7 Å². The van der Waals surface area contributed by atoms with E-state index < -0.39 is 0 Å². The largest absolute Gasteiger partial charge is 0.490 e. The number of hydrogen-bond donors (Lipinski definition) is 0. The number of aryl methyl sites for hydroxylation is 1. The Hall–Kier alpha value is -4.03. The number of amides is 2. The molecule has 180 valence electrons. The molecule has 1 fully saturated rings. The van der Waals surface area contributed by atoms with Gasteiger partial charge in [0.25, 0.3) is 11.1 Å². The normalized spacial score (nSPS) is 14.6. The molecule has 36 heavy (non-hydrogen) atoms. The fraction of sp³-hybridized carbons (Fsp3) is 0.133. The Morgan fingerprint density at radius 1 is 0.806 bits per heavy atom. The minimum Gasteiger partial charge on any atom is -0.490 e. The van der Waals surface area contributed by atoms with Crippen LogP contribution in [-0.4, -0.2) is 29.3 Å². The van der Waals surface area contributed by atoms with Gasteiger partial charge in [0.2, 0.25) is 0 Å². The van der Waals surface area contributed by atoms with Crippen molar-refractivity contribution in [3.8, 4) is 11.5 Å². The molecule has 0 aromatic heterocycles. The van der Waals surface area contributed by atoms with Crippen molar-refractivity contribution in [2.75, 3.05) is 13.2 Å². The van der Waals surface area contributed by atoms with Crippen LogP contribution in [0.1, 0.15) is 16.7 Å². The smallest absolute Gasteiger partial charge is 0.293 e. The molecule has 0 N–H and O–H groups in total. The van der Waals surface area contributed by atoms with E-state index in [1.54, 1.807) is 6.08 Å². The van der Waals surface area contributed by atoms with Crippen LogP contribution in [-0.2, 0) is 11.3 Å². The first-order valence-corrected chi connectivity index (χ1v) is 12.5. The minimum absolute atomic E-state index is 0.234. The molecule has 0 saturated carbocycles. The van der Waals surface area contributed by atoms with Crippen molar-refractivity contribution in [3.63, 3.8) is 0 Å². The third-order valence-corrected chi connectivity index (χ3v) is 6.83. The Labute approximate surface area is 214 Å². The summed E-state index contributed by atoms with van der Waals surface area (Å²) in [4.78, 5) is 27.6. The third kappa shape index (κ3) is 5.29. The summed E-state index contributed by atoms with van der Waals surface area (Å²) in [5.74, 6) is 1.12. The molecule has 2 amide bonds. The van der Waals surface area contributed by atoms with Crippen LogP contribution in [0.4, 0.5) is 4.79 Å². The molecular formula is C30H25NO4S. The van der Waals surface area contributed by atoms with Gasteiger partial charge in [-0.25, -0.2) is 0 Å². The predicted molar refractivity (Wildman–Crippen MR) is 144 cm³/mol. The molecule has 4 aromatic rings. The third-order valence-electron chi connectivity index (χ3n) is 5.92. The van der Waals surface area contributed by atoms with Crippen molar-refractivity contribution >= 4 is 39.8 Å². The highest BCUT2D eigenvalue weighted by atomic mass is 32.2. The zero-order valence-corrected chi connectivity index (χ0v) is 20.7. The molecule has 6 heteroatoms. The number of para-hydroxylation sites is 1. The molecule has 1 aliphatic rings. The fourth-order valence-electron chi connectivity index (χ4n) is 4.06. The minimum atomic E-state index is -0.296. The maximum atomic E-state index is 13.2. The number of ether oxygens (including phenoxy) is 2. The van der Waals surface area contributed by atoms with Crippen LogP contribution >= 0.6 is 11.8 Å². The second kappa shape index (κ2) is 10.7. The van der Waals surface area contributed by atoms with Gasteiger partial charge in [-0.05, 0) is 59.3 Å². The lowest BCUT2D eigenvalue weighted by molar-refractivity contribution is -0.123.